The first-order chi connectivity index (χ1) is 11.1. The molecule has 0 fully saturated rings. The summed E-state index contributed by atoms with van der Waals surface area (Å²) in [6.45, 7) is 6.43. The number of aryl methyl sites for hydroxylation is 1. The van der Waals surface area contributed by atoms with E-state index in [4.69, 9.17) is 0 Å². The molecule has 118 valence electrons. The predicted octanol–water partition coefficient (Wildman–Crippen LogP) is 5.75. The van der Waals surface area contributed by atoms with Gasteiger partial charge in [0.1, 0.15) is 0 Å². The quantitative estimate of drug-likeness (QED) is 0.599. The van der Waals surface area contributed by atoms with Gasteiger partial charge in [-0.25, -0.2) is 0 Å². The number of hydrogen-bond donors (Lipinski definition) is 1. The number of nitrogens with one attached hydrogen (secondary N) is 1. The van der Waals surface area contributed by atoms with Gasteiger partial charge in [0.15, 0.2) is 4.34 Å². The number of anilines is 2. The lowest BCUT2D eigenvalue weighted by atomic mass is 10.1. The second-order valence-corrected chi connectivity index (χ2v) is 7.98. The molecule has 0 saturated carbocycles. The van der Waals surface area contributed by atoms with Crippen molar-refractivity contribution in [2.24, 2.45) is 0 Å². The van der Waals surface area contributed by atoms with E-state index < -0.39 is 0 Å². The fourth-order valence-electron chi connectivity index (χ4n) is 2.25. The van der Waals surface area contributed by atoms with E-state index in [0.29, 0.717) is 5.25 Å². The number of benzene rings is 2. The Morgan fingerprint density at radius 2 is 1.78 bits per heavy atom. The van der Waals surface area contributed by atoms with Gasteiger partial charge in [-0.1, -0.05) is 65.6 Å². The summed E-state index contributed by atoms with van der Waals surface area (Å²) in [7, 11) is 0. The van der Waals surface area contributed by atoms with Crippen LogP contribution in [0.5, 0.6) is 0 Å². The van der Waals surface area contributed by atoms with Crippen molar-refractivity contribution in [3.63, 3.8) is 0 Å². The molecule has 1 heterocycles. The van der Waals surface area contributed by atoms with Gasteiger partial charge in [0.25, 0.3) is 0 Å². The summed E-state index contributed by atoms with van der Waals surface area (Å²) in [4.78, 5) is 0. The van der Waals surface area contributed by atoms with Gasteiger partial charge < -0.3 is 5.32 Å². The van der Waals surface area contributed by atoms with E-state index in [2.05, 4.69) is 78.7 Å². The Morgan fingerprint density at radius 1 is 1.00 bits per heavy atom. The summed E-state index contributed by atoms with van der Waals surface area (Å²) in [6.07, 6.45) is 0. The Hall–Kier alpha value is -1.85. The van der Waals surface area contributed by atoms with Crippen molar-refractivity contribution >= 4 is 33.9 Å². The van der Waals surface area contributed by atoms with Gasteiger partial charge in [0.2, 0.25) is 5.13 Å². The van der Waals surface area contributed by atoms with Crippen LogP contribution >= 0.6 is 23.1 Å². The van der Waals surface area contributed by atoms with Crippen LogP contribution in [0.2, 0.25) is 0 Å². The molecule has 3 aromatic rings. The highest BCUT2D eigenvalue weighted by Gasteiger charge is 2.12. The molecular formula is C18H19N3S2. The minimum absolute atomic E-state index is 0.359. The molecule has 0 aliphatic rings. The molecule has 1 unspecified atom stereocenters. The number of rotatable bonds is 5. The SMILES string of the molecule is Cc1cccc(Nc2nnc(SC(C)c3ccccc3)s2)c1C. The molecule has 2 aromatic carbocycles. The summed E-state index contributed by atoms with van der Waals surface area (Å²) in [5.74, 6) is 0. The predicted molar refractivity (Wildman–Crippen MR) is 99.8 cm³/mol. The summed E-state index contributed by atoms with van der Waals surface area (Å²) in [5, 5.41) is 13.1. The van der Waals surface area contributed by atoms with E-state index in [1.54, 1.807) is 23.1 Å². The fourth-order valence-corrected chi connectivity index (χ4v) is 4.29. The van der Waals surface area contributed by atoms with E-state index in [1.165, 1.54) is 16.7 Å². The Kier molecular flexibility index (Phi) is 4.98. The first-order valence-corrected chi connectivity index (χ1v) is 9.21. The van der Waals surface area contributed by atoms with Gasteiger partial charge in [-0.2, -0.15) is 0 Å². The maximum atomic E-state index is 4.30. The maximum absolute atomic E-state index is 4.30. The molecule has 1 N–H and O–H groups in total. The summed E-state index contributed by atoms with van der Waals surface area (Å²) in [5.41, 5.74) is 4.91. The molecule has 1 atom stereocenters. The second-order valence-electron chi connectivity index (χ2n) is 5.42. The zero-order valence-corrected chi connectivity index (χ0v) is 15.0. The van der Waals surface area contributed by atoms with E-state index in [-0.39, 0.29) is 0 Å². The molecular weight excluding hydrogens is 322 g/mol. The van der Waals surface area contributed by atoms with Gasteiger partial charge in [0, 0.05) is 10.9 Å². The lowest BCUT2D eigenvalue weighted by Gasteiger charge is -2.09. The summed E-state index contributed by atoms with van der Waals surface area (Å²) >= 11 is 3.34. The third kappa shape index (κ3) is 3.92. The standard InChI is InChI=1S/C18H19N3S2/c1-12-8-7-11-16(13(12)2)19-17-20-21-18(23-17)22-14(3)15-9-5-4-6-10-15/h4-11,14H,1-3H3,(H,19,20). The van der Waals surface area contributed by atoms with Crippen molar-refractivity contribution in [2.45, 2.75) is 30.4 Å². The zero-order chi connectivity index (χ0) is 16.2. The maximum Gasteiger partial charge on any atom is 0.210 e. The average Bonchev–Trinajstić information content (AvgIpc) is 3.00. The third-order valence-electron chi connectivity index (χ3n) is 3.80. The monoisotopic (exact) mass is 341 g/mol. The highest BCUT2D eigenvalue weighted by atomic mass is 32.2. The van der Waals surface area contributed by atoms with E-state index in [0.717, 1.165) is 15.2 Å². The lowest BCUT2D eigenvalue weighted by Crippen LogP contribution is -1.94. The van der Waals surface area contributed by atoms with Crippen molar-refractivity contribution in [2.75, 3.05) is 5.32 Å². The van der Waals surface area contributed by atoms with Gasteiger partial charge in [-0.3, -0.25) is 0 Å². The topological polar surface area (TPSA) is 37.8 Å². The van der Waals surface area contributed by atoms with Crippen LogP contribution in [0.1, 0.15) is 28.9 Å². The van der Waals surface area contributed by atoms with Gasteiger partial charge >= 0.3 is 0 Å². The summed E-state index contributed by atoms with van der Waals surface area (Å²) in [6, 6.07) is 16.7. The molecule has 0 spiro atoms. The molecule has 0 bridgehead atoms. The van der Waals surface area contributed by atoms with E-state index >= 15 is 0 Å². The summed E-state index contributed by atoms with van der Waals surface area (Å²) < 4.78 is 0.981. The van der Waals surface area contributed by atoms with Gasteiger partial charge in [0.05, 0.1) is 0 Å². The van der Waals surface area contributed by atoms with E-state index in [1.807, 2.05) is 6.07 Å². The molecule has 5 heteroatoms. The molecule has 0 aliphatic heterocycles. The Labute approximate surface area is 145 Å². The number of hydrogen-bond acceptors (Lipinski definition) is 5. The Balaban J connectivity index is 1.70. The lowest BCUT2D eigenvalue weighted by molar-refractivity contribution is 1.00. The van der Waals surface area contributed by atoms with Gasteiger partial charge in [-0.05, 0) is 43.5 Å². The van der Waals surface area contributed by atoms with Crippen LogP contribution in [-0.4, -0.2) is 10.2 Å². The molecule has 0 aliphatic carbocycles. The zero-order valence-electron chi connectivity index (χ0n) is 13.4. The van der Waals surface area contributed by atoms with Crippen molar-refractivity contribution in [1.82, 2.24) is 10.2 Å². The molecule has 0 saturated heterocycles. The van der Waals surface area contributed by atoms with Crippen LogP contribution in [0.4, 0.5) is 10.8 Å². The largest absolute Gasteiger partial charge is 0.330 e. The molecule has 3 rings (SSSR count). The molecule has 1 aromatic heterocycles. The van der Waals surface area contributed by atoms with Crippen molar-refractivity contribution in [1.29, 1.82) is 0 Å². The number of thioether (sulfide) groups is 1. The smallest absolute Gasteiger partial charge is 0.210 e. The molecule has 23 heavy (non-hydrogen) atoms. The normalized spacial score (nSPS) is 12.1. The first-order valence-electron chi connectivity index (χ1n) is 7.52. The van der Waals surface area contributed by atoms with E-state index in [9.17, 15) is 0 Å². The minimum Gasteiger partial charge on any atom is -0.330 e. The van der Waals surface area contributed by atoms with Crippen LogP contribution < -0.4 is 5.32 Å². The van der Waals surface area contributed by atoms with Crippen molar-refractivity contribution < 1.29 is 0 Å². The van der Waals surface area contributed by atoms with Gasteiger partial charge in [-0.15, -0.1) is 10.2 Å². The Bertz CT molecular complexity index is 784. The molecule has 3 nitrogen and oxygen atoms in total. The third-order valence-corrected chi connectivity index (χ3v) is 5.88. The van der Waals surface area contributed by atoms with Crippen LogP contribution in [-0.2, 0) is 0 Å². The number of nitrogens with zero attached hydrogens (tertiary/aromatic N) is 2. The number of aromatic nitrogens is 2. The second kappa shape index (κ2) is 7.15. The van der Waals surface area contributed by atoms with Crippen LogP contribution in [0.3, 0.4) is 0 Å². The highest BCUT2D eigenvalue weighted by Crippen LogP contribution is 2.38. The van der Waals surface area contributed by atoms with Crippen LogP contribution in [0.25, 0.3) is 0 Å². The van der Waals surface area contributed by atoms with Crippen molar-refractivity contribution in [3.05, 3.63) is 65.2 Å². The van der Waals surface area contributed by atoms with Crippen LogP contribution in [0.15, 0.2) is 52.9 Å². The van der Waals surface area contributed by atoms with Crippen LogP contribution in [0, 0.1) is 13.8 Å². The molecule has 0 radical (unpaired) electrons. The molecule has 0 amide bonds. The fraction of sp³-hybridized carbons (Fsp3) is 0.222. The van der Waals surface area contributed by atoms with Crippen molar-refractivity contribution in [3.8, 4) is 0 Å². The first kappa shape index (κ1) is 16.0. The Morgan fingerprint density at radius 3 is 2.57 bits per heavy atom. The highest BCUT2D eigenvalue weighted by molar-refractivity contribution is 8.01. The average molecular weight is 342 g/mol. The minimum atomic E-state index is 0.359.